The van der Waals surface area contributed by atoms with Crippen LogP contribution in [0.5, 0.6) is 11.5 Å². The molecule has 0 radical (unpaired) electrons. The van der Waals surface area contributed by atoms with Crippen molar-refractivity contribution >= 4 is 46.2 Å². The number of amidine groups is 1. The van der Waals surface area contributed by atoms with Crippen LogP contribution < -0.4 is 10.1 Å². The molecule has 3 rings (SSSR count). The van der Waals surface area contributed by atoms with Gasteiger partial charge in [0, 0.05) is 5.02 Å². The molecule has 1 heterocycles. The van der Waals surface area contributed by atoms with Gasteiger partial charge in [0.15, 0.2) is 16.7 Å². The van der Waals surface area contributed by atoms with E-state index in [1.807, 2.05) is 0 Å². The molecule has 0 saturated carbocycles. The molecule has 1 aliphatic heterocycles. The van der Waals surface area contributed by atoms with Crippen LogP contribution in [0.1, 0.15) is 5.56 Å². The highest BCUT2D eigenvalue weighted by atomic mass is 35.5. The Hall–Kier alpha value is -2.44. The summed E-state index contributed by atoms with van der Waals surface area (Å²) in [4.78, 5) is 16.9. The van der Waals surface area contributed by atoms with Crippen molar-refractivity contribution in [3.63, 3.8) is 0 Å². The first-order valence-electron chi connectivity index (χ1n) is 6.97. The van der Waals surface area contributed by atoms with Gasteiger partial charge in [0.2, 0.25) is 0 Å². The van der Waals surface area contributed by atoms with Gasteiger partial charge in [-0.05, 0) is 53.7 Å². The maximum Gasteiger partial charge on any atom is 0.264 e. The van der Waals surface area contributed by atoms with Crippen molar-refractivity contribution in [2.75, 3.05) is 7.11 Å². The zero-order valence-electron chi connectivity index (χ0n) is 12.6. The Balaban J connectivity index is 1.84. The number of nitrogens with zero attached hydrogens (tertiary/aromatic N) is 1. The third-order valence-electron chi connectivity index (χ3n) is 3.19. The van der Waals surface area contributed by atoms with E-state index < -0.39 is 0 Å². The van der Waals surface area contributed by atoms with Crippen molar-refractivity contribution in [2.45, 2.75) is 0 Å². The van der Waals surface area contributed by atoms with Gasteiger partial charge in [0.25, 0.3) is 5.91 Å². The van der Waals surface area contributed by atoms with Gasteiger partial charge in [-0.2, -0.15) is 0 Å². The normalized spacial score (nSPS) is 17.3. The smallest absolute Gasteiger partial charge is 0.264 e. The van der Waals surface area contributed by atoms with Crippen LogP contribution >= 0.6 is 23.4 Å². The second-order valence-electron chi connectivity index (χ2n) is 4.89. The molecule has 1 aliphatic rings. The van der Waals surface area contributed by atoms with Gasteiger partial charge in [-0.25, -0.2) is 4.99 Å². The molecular formula is C17H13ClN2O3S. The molecule has 0 spiro atoms. The van der Waals surface area contributed by atoms with Gasteiger partial charge in [0.05, 0.1) is 17.7 Å². The summed E-state index contributed by atoms with van der Waals surface area (Å²) in [7, 11) is 1.47. The lowest BCUT2D eigenvalue weighted by atomic mass is 10.2. The first-order valence-corrected chi connectivity index (χ1v) is 8.17. The fraction of sp³-hybridized carbons (Fsp3) is 0.0588. The van der Waals surface area contributed by atoms with Gasteiger partial charge < -0.3 is 15.2 Å². The highest BCUT2D eigenvalue weighted by Gasteiger charge is 2.23. The van der Waals surface area contributed by atoms with Crippen LogP contribution in [0.3, 0.4) is 0 Å². The van der Waals surface area contributed by atoms with Crippen molar-refractivity contribution in [3.8, 4) is 11.5 Å². The van der Waals surface area contributed by atoms with Crippen LogP contribution in [-0.4, -0.2) is 23.3 Å². The van der Waals surface area contributed by atoms with Crippen molar-refractivity contribution in [3.05, 3.63) is 58.0 Å². The van der Waals surface area contributed by atoms with Crippen LogP contribution in [0.2, 0.25) is 5.02 Å². The Morgan fingerprint density at radius 1 is 1.29 bits per heavy atom. The van der Waals surface area contributed by atoms with E-state index in [2.05, 4.69) is 10.3 Å². The molecule has 1 saturated heterocycles. The molecule has 2 aromatic carbocycles. The Bertz CT molecular complexity index is 865. The summed E-state index contributed by atoms with van der Waals surface area (Å²) in [5, 5.41) is 13.4. The van der Waals surface area contributed by atoms with Gasteiger partial charge in [-0.15, -0.1) is 0 Å². The van der Waals surface area contributed by atoms with E-state index >= 15 is 0 Å². The molecule has 24 heavy (non-hydrogen) atoms. The number of amides is 1. The first kappa shape index (κ1) is 16.4. The number of benzene rings is 2. The SMILES string of the molecule is COc1cc(C=C2SC(=Nc3cccc(Cl)c3)NC2=O)ccc1O. The predicted molar refractivity (Wildman–Crippen MR) is 96.9 cm³/mol. The number of phenolic OH excluding ortho intramolecular Hbond substituents is 1. The number of nitrogens with one attached hydrogen (secondary N) is 1. The van der Waals surface area contributed by atoms with E-state index in [4.69, 9.17) is 16.3 Å². The molecule has 1 fully saturated rings. The number of thioether (sulfide) groups is 1. The van der Waals surface area contributed by atoms with E-state index in [1.165, 1.54) is 24.9 Å². The molecule has 0 aromatic heterocycles. The van der Waals surface area contributed by atoms with E-state index in [1.54, 1.807) is 42.5 Å². The number of hydrogen-bond acceptors (Lipinski definition) is 5. The fourth-order valence-electron chi connectivity index (χ4n) is 2.08. The summed E-state index contributed by atoms with van der Waals surface area (Å²) in [6, 6.07) is 11.9. The van der Waals surface area contributed by atoms with Gasteiger partial charge in [0.1, 0.15) is 0 Å². The average molecular weight is 361 g/mol. The lowest BCUT2D eigenvalue weighted by Crippen LogP contribution is -2.19. The quantitative estimate of drug-likeness (QED) is 0.813. The summed E-state index contributed by atoms with van der Waals surface area (Å²) >= 11 is 7.17. The molecule has 122 valence electrons. The van der Waals surface area contributed by atoms with E-state index in [-0.39, 0.29) is 11.7 Å². The summed E-state index contributed by atoms with van der Waals surface area (Å²) in [5.74, 6) is 0.166. The zero-order valence-corrected chi connectivity index (χ0v) is 14.2. The summed E-state index contributed by atoms with van der Waals surface area (Å²) in [5.41, 5.74) is 1.41. The number of hydrogen-bond donors (Lipinski definition) is 2. The van der Waals surface area contributed by atoms with Crippen LogP contribution in [0.4, 0.5) is 5.69 Å². The minimum atomic E-state index is -0.229. The third kappa shape index (κ3) is 3.72. The van der Waals surface area contributed by atoms with Crippen LogP contribution in [0.15, 0.2) is 52.4 Å². The number of methoxy groups -OCH3 is 1. The second-order valence-corrected chi connectivity index (χ2v) is 6.36. The van der Waals surface area contributed by atoms with Crippen molar-refractivity contribution in [1.82, 2.24) is 5.32 Å². The number of ether oxygens (including phenoxy) is 1. The first-order chi connectivity index (χ1) is 11.5. The predicted octanol–water partition coefficient (Wildman–Crippen LogP) is 3.95. The Kier molecular flexibility index (Phi) is 4.78. The topological polar surface area (TPSA) is 70.9 Å². The van der Waals surface area contributed by atoms with E-state index in [0.717, 1.165) is 5.56 Å². The number of carbonyl (C=O) groups excluding carboxylic acids is 1. The third-order valence-corrected chi connectivity index (χ3v) is 4.34. The zero-order chi connectivity index (χ0) is 17.1. The van der Waals surface area contributed by atoms with Gasteiger partial charge in [-0.1, -0.05) is 23.7 Å². The second kappa shape index (κ2) is 6.98. The monoisotopic (exact) mass is 360 g/mol. The minimum absolute atomic E-state index is 0.0476. The maximum absolute atomic E-state index is 12.1. The minimum Gasteiger partial charge on any atom is -0.504 e. The Morgan fingerprint density at radius 2 is 2.12 bits per heavy atom. The number of aliphatic imine (C=N–C) groups is 1. The van der Waals surface area contributed by atoms with Crippen molar-refractivity contribution < 1.29 is 14.6 Å². The molecule has 0 aliphatic carbocycles. The van der Waals surface area contributed by atoms with Crippen LogP contribution in [-0.2, 0) is 4.79 Å². The number of halogens is 1. The molecule has 2 aromatic rings. The maximum atomic E-state index is 12.1. The van der Waals surface area contributed by atoms with Gasteiger partial charge >= 0.3 is 0 Å². The van der Waals surface area contributed by atoms with E-state index in [9.17, 15) is 9.90 Å². The molecule has 2 N–H and O–H groups in total. The largest absolute Gasteiger partial charge is 0.504 e. The number of phenols is 1. The highest BCUT2D eigenvalue weighted by Crippen LogP contribution is 2.31. The highest BCUT2D eigenvalue weighted by molar-refractivity contribution is 8.18. The molecule has 0 bridgehead atoms. The molecular weight excluding hydrogens is 348 g/mol. The average Bonchev–Trinajstić information content (AvgIpc) is 2.88. The summed E-state index contributed by atoms with van der Waals surface area (Å²) in [6.07, 6.45) is 1.71. The van der Waals surface area contributed by atoms with Crippen molar-refractivity contribution in [2.24, 2.45) is 4.99 Å². The standard InChI is InChI=1S/C17H13ClN2O3S/c1-23-14-7-10(5-6-13(14)21)8-15-16(22)20-17(24-15)19-12-4-2-3-11(18)9-12/h2-9,21H,1H3,(H,19,20,22). The number of rotatable bonds is 3. The molecule has 0 atom stereocenters. The number of aromatic hydroxyl groups is 1. The van der Waals surface area contributed by atoms with Crippen LogP contribution in [0, 0.1) is 0 Å². The molecule has 5 nitrogen and oxygen atoms in total. The Morgan fingerprint density at radius 3 is 2.88 bits per heavy atom. The molecule has 1 amide bonds. The van der Waals surface area contributed by atoms with Gasteiger partial charge in [-0.3, -0.25) is 4.79 Å². The lowest BCUT2D eigenvalue weighted by molar-refractivity contribution is -0.115. The summed E-state index contributed by atoms with van der Waals surface area (Å²) < 4.78 is 5.07. The molecule has 7 heteroatoms. The van der Waals surface area contributed by atoms with E-state index in [0.29, 0.717) is 26.5 Å². The Labute approximate surface area is 148 Å². The number of carbonyl (C=O) groups is 1. The van der Waals surface area contributed by atoms with Crippen LogP contribution in [0.25, 0.3) is 6.08 Å². The van der Waals surface area contributed by atoms with Crippen molar-refractivity contribution in [1.29, 1.82) is 0 Å². The molecule has 0 unspecified atom stereocenters. The lowest BCUT2D eigenvalue weighted by Gasteiger charge is -2.03. The summed E-state index contributed by atoms with van der Waals surface area (Å²) in [6.45, 7) is 0. The fourth-order valence-corrected chi connectivity index (χ4v) is 3.11.